The van der Waals surface area contributed by atoms with E-state index in [1.165, 1.54) is 38.5 Å². The molecule has 0 aromatic carbocycles. The van der Waals surface area contributed by atoms with Gasteiger partial charge in [0.2, 0.25) is 0 Å². The fraction of sp³-hybridized carbons (Fsp3) is 0.857. The Hall–Kier alpha value is -1.06. The molecule has 1 unspecified atom stereocenters. The van der Waals surface area contributed by atoms with E-state index in [-0.39, 0.29) is 17.4 Å². The molecule has 4 heteroatoms. The highest BCUT2D eigenvalue weighted by Gasteiger charge is 2.56. The first-order valence-electron chi connectivity index (χ1n) is 7.09. The lowest BCUT2D eigenvalue weighted by Gasteiger charge is -2.58. The van der Waals surface area contributed by atoms with Crippen molar-refractivity contribution < 1.29 is 14.6 Å². The second-order valence-electron chi connectivity index (χ2n) is 6.84. The Labute approximate surface area is 106 Å². The number of aliphatic carboxylic acids is 1. The number of carboxylic acids is 1. The normalized spacial score (nSPS) is 49.0. The third kappa shape index (κ3) is 1.44. The predicted molar refractivity (Wildman–Crippen MR) is 65.4 cm³/mol. The lowest BCUT2D eigenvalue weighted by Crippen LogP contribution is -2.52. The van der Waals surface area contributed by atoms with Crippen molar-refractivity contribution in [2.75, 3.05) is 6.54 Å². The van der Waals surface area contributed by atoms with Gasteiger partial charge in [0.05, 0.1) is 6.54 Å². The topological polar surface area (TPSA) is 58.9 Å². The van der Waals surface area contributed by atoms with Crippen LogP contribution in [-0.4, -0.2) is 29.6 Å². The van der Waals surface area contributed by atoms with Crippen molar-refractivity contribution in [2.45, 2.75) is 44.6 Å². The molecule has 4 aliphatic carbocycles. The van der Waals surface area contributed by atoms with E-state index in [0.29, 0.717) is 6.54 Å². The number of ether oxygens (including phenoxy) is 1. The largest absolute Gasteiger partial charge is 0.474 e. The fourth-order valence-electron chi connectivity index (χ4n) is 5.38. The molecule has 4 fully saturated rings. The summed E-state index contributed by atoms with van der Waals surface area (Å²) < 4.78 is 5.66. The number of aliphatic imine (C=N–C) groups is 1. The molecule has 1 atom stereocenters. The first-order chi connectivity index (χ1) is 8.64. The molecule has 18 heavy (non-hydrogen) atoms. The first-order valence-corrected chi connectivity index (χ1v) is 7.09. The Bertz CT molecular complexity index is 393. The average molecular weight is 249 g/mol. The number of carboxylic acid groups (broad SMARTS) is 1. The van der Waals surface area contributed by atoms with Gasteiger partial charge in [-0.15, -0.1) is 0 Å². The minimum Gasteiger partial charge on any atom is -0.474 e. The molecule has 4 nitrogen and oxygen atoms in total. The summed E-state index contributed by atoms with van der Waals surface area (Å²) in [6, 6.07) is 0. The van der Waals surface area contributed by atoms with Gasteiger partial charge in [-0.05, 0) is 56.3 Å². The highest BCUT2D eigenvalue weighted by atomic mass is 16.5. The van der Waals surface area contributed by atoms with E-state index in [1.807, 2.05) is 0 Å². The van der Waals surface area contributed by atoms with E-state index >= 15 is 0 Å². The van der Waals surface area contributed by atoms with Crippen molar-refractivity contribution >= 4 is 11.9 Å². The van der Waals surface area contributed by atoms with Crippen molar-refractivity contribution in [3.05, 3.63) is 0 Å². The first kappa shape index (κ1) is 10.8. The van der Waals surface area contributed by atoms with Gasteiger partial charge in [-0.25, -0.2) is 9.79 Å². The maximum atomic E-state index is 10.9. The number of rotatable bonds is 2. The summed E-state index contributed by atoms with van der Waals surface area (Å²) in [6.45, 7) is 0.563. The van der Waals surface area contributed by atoms with Crippen LogP contribution in [0.25, 0.3) is 0 Å². The molecular weight excluding hydrogens is 230 g/mol. The van der Waals surface area contributed by atoms with Crippen LogP contribution in [-0.2, 0) is 9.53 Å². The molecule has 98 valence electrons. The second-order valence-corrected chi connectivity index (χ2v) is 6.84. The van der Waals surface area contributed by atoms with E-state index in [1.54, 1.807) is 0 Å². The van der Waals surface area contributed by atoms with Crippen LogP contribution >= 0.6 is 0 Å². The summed E-state index contributed by atoms with van der Waals surface area (Å²) in [4.78, 5) is 15.0. The Kier molecular flexibility index (Phi) is 2.10. The molecule has 1 N–H and O–H groups in total. The van der Waals surface area contributed by atoms with E-state index < -0.39 is 5.97 Å². The van der Waals surface area contributed by atoms with Crippen LogP contribution in [0.3, 0.4) is 0 Å². The molecule has 0 aromatic heterocycles. The molecule has 1 heterocycles. The summed E-state index contributed by atoms with van der Waals surface area (Å²) in [5, 5.41) is 8.96. The van der Waals surface area contributed by atoms with Crippen LogP contribution in [0.5, 0.6) is 0 Å². The standard InChI is InChI=1S/C14H19NO3/c16-13(17)12-15-7-11(18-12)14-4-8-1-9(5-14)3-10(2-8)6-14/h8-11H,1-7H2,(H,16,17). The third-order valence-corrected chi connectivity index (χ3v) is 5.61. The average Bonchev–Trinajstić information content (AvgIpc) is 2.76. The van der Waals surface area contributed by atoms with E-state index in [0.717, 1.165) is 17.8 Å². The highest BCUT2D eigenvalue weighted by molar-refractivity contribution is 6.32. The Morgan fingerprint density at radius 2 is 1.72 bits per heavy atom. The van der Waals surface area contributed by atoms with Crippen LogP contribution in [0.15, 0.2) is 4.99 Å². The van der Waals surface area contributed by atoms with Crippen molar-refractivity contribution in [1.29, 1.82) is 0 Å². The van der Waals surface area contributed by atoms with Gasteiger partial charge in [-0.3, -0.25) is 0 Å². The summed E-state index contributed by atoms with van der Waals surface area (Å²) in [7, 11) is 0. The molecule has 0 spiro atoms. The molecule has 5 rings (SSSR count). The summed E-state index contributed by atoms with van der Waals surface area (Å²) >= 11 is 0. The van der Waals surface area contributed by atoms with Crippen molar-refractivity contribution in [3.8, 4) is 0 Å². The quantitative estimate of drug-likeness (QED) is 0.815. The number of hydrogen-bond acceptors (Lipinski definition) is 3. The van der Waals surface area contributed by atoms with Gasteiger partial charge in [0, 0.05) is 5.41 Å². The maximum absolute atomic E-state index is 10.9. The van der Waals surface area contributed by atoms with Crippen LogP contribution in [0.4, 0.5) is 0 Å². The third-order valence-electron chi connectivity index (χ3n) is 5.61. The van der Waals surface area contributed by atoms with Gasteiger partial charge in [0.1, 0.15) is 6.10 Å². The van der Waals surface area contributed by atoms with Crippen molar-refractivity contribution in [1.82, 2.24) is 0 Å². The monoisotopic (exact) mass is 249 g/mol. The molecule has 0 saturated heterocycles. The zero-order chi connectivity index (χ0) is 12.3. The van der Waals surface area contributed by atoms with E-state index in [9.17, 15) is 4.79 Å². The molecular formula is C14H19NO3. The van der Waals surface area contributed by atoms with Crippen molar-refractivity contribution in [2.24, 2.45) is 28.2 Å². The van der Waals surface area contributed by atoms with Gasteiger partial charge in [-0.1, -0.05) is 0 Å². The van der Waals surface area contributed by atoms with Gasteiger partial charge in [0.25, 0.3) is 5.90 Å². The molecule has 5 aliphatic rings. The zero-order valence-electron chi connectivity index (χ0n) is 10.5. The molecule has 0 amide bonds. The summed E-state index contributed by atoms with van der Waals surface area (Å²) in [5.41, 5.74) is 0.245. The Morgan fingerprint density at radius 3 is 2.17 bits per heavy atom. The summed E-state index contributed by atoms with van der Waals surface area (Å²) in [5.74, 6) is 1.54. The molecule has 4 saturated carbocycles. The number of carbonyl (C=O) groups is 1. The van der Waals surface area contributed by atoms with Crippen LogP contribution < -0.4 is 0 Å². The van der Waals surface area contributed by atoms with Crippen molar-refractivity contribution in [3.63, 3.8) is 0 Å². The minimum absolute atomic E-state index is 0.0389. The van der Waals surface area contributed by atoms with E-state index in [2.05, 4.69) is 4.99 Å². The minimum atomic E-state index is -1.01. The highest BCUT2D eigenvalue weighted by Crippen LogP contribution is 2.62. The Morgan fingerprint density at radius 1 is 1.17 bits per heavy atom. The predicted octanol–water partition coefficient (Wildman–Crippen LogP) is 2.08. The lowest BCUT2D eigenvalue weighted by atomic mass is 9.48. The smallest absolute Gasteiger partial charge is 0.391 e. The molecule has 4 bridgehead atoms. The lowest BCUT2D eigenvalue weighted by molar-refractivity contribution is -0.133. The SMILES string of the molecule is O=C(O)C1=NCC(C23CC4CC(CC(C4)C2)C3)O1. The maximum Gasteiger partial charge on any atom is 0.391 e. The number of hydrogen-bond donors (Lipinski definition) is 1. The zero-order valence-corrected chi connectivity index (χ0v) is 10.5. The summed E-state index contributed by atoms with van der Waals surface area (Å²) in [6.07, 6.45) is 7.97. The Balaban J connectivity index is 1.57. The van der Waals surface area contributed by atoms with Crippen LogP contribution in [0.1, 0.15) is 38.5 Å². The molecule has 0 aromatic rings. The fourth-order valence-corrected chi connectivity index (χ4v) is 5.38. The molecule has 0 radical (unpaired) electrons. The van der Waals surface area contributed by atoms with Gasteiger partial charge in [-0.2, -0.15) is 0 Å². The van der Waals surface area contributed by atoms with E-state index in [4.69, 9.17) is 9.84 Å². The second kappa shape index (κ2) is 3.49. The van der Waals surface area contributed by atoms with Crippen LogP contribution in [0, 0.1) is 23.2 Å². The van der Waals surface area contributed by atoms with Gasteiger partial charge >= 0.3 is 5.97 Å². The number of nitrogens with zero attached hydrogens (tertiary/aromatic N) is 1. The molecule has 1 aliphatic heterocycles. The van der Waals surface area contributed by atoms with Gasteiger partial charge < -0.3 is 9.84 Å². The van der Waals surface area contributed by atoms with Crippen LogP contribution in [0.2, 0.25) is 0 Å². The van der Waals surface area contributed by atoms with Gasteiger partial charge in [0.15, 0.2) is 0 Å².